The number of rotatable bonds is 6. The normalized spacial score (nSPS) is 10.9. The summed E-state index contributed by atoms with van der Waals surface area (Å²) in [5, 5.41) is 12.9. The molecule has 0 unspecified atom stereocenters. The Kier molecular flexibility index (Phi) is 5.14. The second-order valence-corrected chi connectivity index (χ2v) is 8.02. The van der Waals surface area contributed by atoms with Gasteiger partial charge in [0.15, 0.2) is 5.69 Å². The lowest BCUT2D eigenvalue weighted by atomic mass is 10.3. The number of H-pyrrole nitrogens is 1. The summed E-state index contributed by atoms with van der Waals surface area (Å²) in [5.74, 6) is 0.710. The van der Waals surface area contributed by atoms with Crippen LogP contribution in [0.2, 0.25) is 0 Å². The number of aromatic amines is 1. The zero-order valence-corrected chi connectivity index (χ0v) is 15.2. The maximum atomic E-state index is 12.2. The second-order valence-electron chi connectivity index (χ2n) is 4.93. The van der Waals surface area contributed by atoms with E-state index in [9.17, 15) is 4.79 Å². The zero-order valence-electron chi connectivity index (χ0n) is 12.8. The molecule has 120 valence electrons. The molecule has 0 fully saturated rings. The monoisotopic (exact) mass is 364 g/mol. The van der Waals surface area contributed by atoms with Crippen molar-refractivity contribution in [2.45, 2.75) is 19.2 Å². The number of thiophene rings is 1. The molecule has 0 spiro atoms. The highest BCUT2D eigenvalue weighted by Crippen LogP contribution is 2.26. The number of aromatic nitrogens is 3. The van der Waals surface area contributed by atoms with Crippen LogP contribution in [0.4, 0.5) is 0 Å². The van der Waals surface area contributed by atoms with Crippen LogP contribution in [0.3, 0.4) is 0 Å². The predicted molar refractivity (Wildman–Crippen MR) is 97.1 cm³/mol. The van der Waals surface area contributed by atoms with Gasteiger partial charge in [0.25, 0.3) is 5.91 Å². The van der Waals surface area contributed by atoms with Crippen molar-refractivity contribution in [3.05, 3.63) is 44.9 Å². The first-order valence-corrected chi connectivity index (χ1v) is 10.1. The summed E-state index contributed by atoms with van der Waals surface area (Å²) in [6.07, 6.45) is 2.05. The van der Waals surface area contributed by atoms with E-state index in [1.54, 1.807) is 40.5 Å². The molecule has 3 heterocycles. The maximum Gasteiger partial charge on any atom is 0.272 e. The Morgan fingerprint density at radius 1 is 1.43 bits per heavy atom. The fourth-order valence-electron chi connectivity index (χ4n) is 2.02. The van der Waals surface area contributed by atoms with E-state index in [0.717, 1.165) is 27.0 Å². The number of aryl methyl sites for hydroxylation is 1. The lowest BCUT2D eigenvalue weighted by Crippen LogP contribution is -2.23. The lowest BCUT2D eigenvalue weighted by Gasteiger charge is -1.99. The van der Waals surface area contributed by atoms with E-state index >= 15 is 0 Å². The van der Waals surface area contributed by atoms with Crippen molar-refractivity contribution in [3.8, 4) is 10.6 Å². The third-order valence-electron chi connectivity index (χ3n) is 3.11. The van der Waals surface area contributed by atoms with E-state index in [-0.39, 0.29) is 5.91 Å². The van der Waals surface area contributed by atoms with Gasteiger partial charge in [0.2, 0.25) is 0 Å². The first-order chi connectivity index (χ1) is 11.2. The quantitative estimate of drug-likeness (QED) is 0.700. The molecule has 1 amide bonds. The highest BCUT2D eigenvalue weighted by atomic mass is 32.2. The molecule has 0 atom stereocenters. The Balaban J connectivity index is 1.61. The Hall–Kier alpha value is -1.64. The molecule has 0 aliphatic rings. The maximum absolute atomic E-state index is 12.2. The van der Waals surface area contributed by atoms with Crippen molar-refractivity contribution in [1.29, 1.82) is 0 Å². The summed E-state index contributed by atoms with van der Waals surface area (Å²) >= 11 is 5.03. The van der Waals surface area contributed by atoms with Crippen LogP contribution >= 0.6 is 34.4 Å². The van der Waals surface area contributed by atoms with E-state index in [1.165, 1.54) is 4.88 Å². The molecule has 0 saturated carbocycles. The van der Waals surface area contributed by atoms with E-state index < -0.39 is 0 Å². The van der Waals surface area contributed by atoms with Gasteiger partial charge in [-0.25, -0.2) is 4.98 Å². The second kappa shape index (κ2) is 7.29. The van der Waals surface area contributed by atoms with Crippen LogP contribution in [-0.4, -0.2) is 27.3 Å². The molecule has 3 aromatic heterocycles. The summed E-state index contributed by atoms with van der Waals surface area (Å²) in [7, 11) is 0. The highest BCUT2D eigenvalue weighted by Gasteiger charge is 2.12. The molecule has 0 aliphatic heterocycles. The molecule has 23 heavy (non-hydrogen) atoms. The van der Waals surface area contributed by atoms with Crippen LogP contribution in [0.25, 0.3) is 10.6 Å². The van der Waals surface area contributed by atoms with Gasteiger partial charge in [-0.15, -0.1) is 22.7 Å². The van der Waals surface area contributed by atoms with E-state index in [0.29, 0.717) is 12.2 Å². The third-order valence-corrected chi connectivity index (χ3v) is 5.79. The summed E-state index contributed by atoms with van der Waals surface area (Å²) < 4.78 is 0. The van der Waals surface area contributed by atoms with Gasteiger partial charge in [-0.05, 0) is 31.4 Å². The topological polar surface area (TPSA) is 70.7 Å². The minimum atomic E-state index is -0.194. The molecule has 8 heteroatoms. The standard InChI is InChI=1S/C15H16N4OS3/c1-9-3-4-13(23-9)11-5-12(19-18-11)15(20)16-6-10-7-22-14(17-10)8-21-2/h3-5,7H,6,8H2,1-2H3,(H,16,20)(H,18,19). The van der Waals surface area contributed by atoms with Gasteiger partial charge < -0.3 is 5.32 Å². The van der Waals surface area contributed by atoms with Crippen LogP contribution < -0.4 is 5.32 Å². The van der Waals surface area contributed by atoms with Gasteiger partial charge in [0, 0.05) is 16.0 Å². The largest absolute Gasteiger partial charge is 0.345 e. The first-order valence-electron chi connectivity index (χ1n) is 6.98. The number of thioether (sulfide) groups is 1. The number of hydrogen-bond acceptors (Lipinski definition) is 6. The molecule has 2 N–H and O–H groups in total. The minimum absolute atomic E-state index is 0.194. The van der Waals surface area contributed by atoms with Crippen LogP contribution in [0.5, 0.6) is 0 Å². The van der Waals surface area contributed by atoms with Gasteiger partial charge in [0.1, 0.15) is 5.01 Å². The molecule has 3 rings (SSSR count). The van der Waals surface area contributed by atoms with Crippen molar-refractivity contribution in [2.24, 2.45) is 0 Å². The molecule has 0 radical (unpaired) electrons. The lowest BCUT2D eigenvalue weighted by molar-refractivity contribution is 0.0945. The summed E-state index contributed by atoms with van der Waals surface area (Å²) in [5.41, 5.74) is 2.15. The van der Waals surface area contributed by atoms with Crippen molar-refractivity contribution in [1.82, 2.24) is 20.5 Å². The van der Waals surface area contributed by atoms with Crippen molar-refractivity contribution in [2.75, 3.05) is 6.26 Å². The molecule has 0 bridgehead atoms. The van der Waals surface area contributed by atoms with Gasteiger partial charge >= 0.3 is 0 Å². The fraction of sp³-hybridized carbons (Fsp3) is 0.267. The van der Waals surface area contributed by atoms with Crippen LogP contribution in [-0.2, 0) is 12.3 Å². The molecular weight excluding hydrogens is 348 g/mol. The van der Waals surface area contributed by atoms with Crippen molar-refractivity contribution in [3.63, 3.8) is 0 Å². The van der Waals surface area contributed by atoms with E-state index in [4.69, 9.17) is 0 Å². The minimum Gasteiger partial charge on any atom is -0.345 e. The zero-order chi connectivity index (χ0) is 16.2. The SMILES string of the molecule is CSCc1nc(CNC(=O)c2cc(-c3ccc(C)s3)[nH]n2)cs1. The summed E-state index contributed by atoms with van der Waals surface area (Å²) in [6.45, 7) is 2.47. The Morgan fingerprint density at radius 3 is 3.04 bits per heavy atom. The number of thiazole rings is 1. The van der Waals surface area contributed by atoms with E-state index in [2.05, 4.69) is 33.5 Å². The van der Waals surface area contributed by atoms with E-state index in [1.807, 2.05) is 17.7 Å². The summed E-state index contributed by atoms with van der Waals surface area (Å²) in [4.78, 5) is 19.0. The van der Waals surface area contributed by atoms with Gasteiger partial charge in [-0.1, -0.05) is 0 Å². The van der Waals surface area contributed by atoms with Crippen LogP contribution in [0.1, 0.15) is 26.1 Å². The number of nitrogens with one attached hydrogen (secondary N) is 2. The number of carbonyl (C=O) groups is 1. The first kappa shape index (κ1) is 16.2. The van der Waals surface area contributed by atoms with Crippen LogP contribution in [0, 0.1) is 6.92 Å². The fourth-order valence-corrected chi connectivity index (χ4v) is 4.37. The Bertz CT molecular complexity index is 805. The van der Waals surface area contributed by atoms with Crippen molar-refractivity contribution >= 4 is 40.3 Å². The van der Waals surface area contributed by atoms with Gasteiger partial charge in [-0.3, -0.25) is 9.89 Å². The molecule has 5 nitrogen and oxygen atoms in total. The molecule has 0 saturated heterocycles. The number of carbonyl (C=O) groups excluding carboxylic acids is 1. The van der Waals surface area contributed by atoms with Gasteiger partial charge in [-0.2, -0.15) is 16.9 Å². The molecule has 0 aromatic carbocycles. The average molecular weight is 365 g/mol. The number of amides is 1. The Labute approximate surface area is 146 Å². The third kappa shape index (κ3) is 4.01. The number of hydrogen-bond donors (Lipinski definition) is 2. The summed E-state index contributed by atoms with van der Waals surface area (Å²) in [6, 6.07) is 5.85. The van der Waals surface area contributed by atoms with Crippen molar-refractivity contribution < 1.29 is 4.79 Å². The van der Waals surface area contributed by atoms with Gasteiger partial charge in [0.05, 0.1) is 22.8 Å². The molecule has 0 aliphatic carbocycles. The van der Waals surface area contributed by atoms with Crippen LogP contribution in [0.15, 0.2) is 23.6 Å². The highest BCUT2D eigenvalue weighted by molar-refractivity contribution is 7.97. The molecular formula is C15H16N4OS3. The average Bonchev–Trinajstić information content (AvgIpc) is 3.25. The number of nitrogens with zero attached hydrogens (tertiary/aromatic N) is 2. The molecule has 3 aromatic rings. The Morgan fingerprint density at radius 2 is 2.30 bits per heavy atom. The predicted octanol–water partition coefficient (Wildman–Crippen LogP) is 3.70. The smallest absolute Gasteiger partial charge is 0.272 e.